The van der Waals surface area contributed by atoms with Gasteiger partial charge in [0.05, 0.1) is 5.69 Å². The molecule has 0 radical (unpaired) electrons. The smallest absolute Gasteiger partial charge is 0.269 e. The van der Waals surface area contributed by atoms with Gasteiger partial charge in [-0.05, 0) is 59.2 Å². The molecule has 0 bridgehead atoms. The minimum atomic E-state index is -0.268. The first-order chi connectivity index (χ1) is 12.6. The van der Waals surface area contributed by atoms with E-state index in [2.05, 4.69) is 45.5 Å². The summed E-state index contributed by atoms with van der Waals surface area (Å²) >= 11 is 5.21. The number of amides is 1. The second-order valence-corrected chi connectivity index (χ2v) is 6.42. The van der Waals surface area contributed by atoms with Crippen LogP contribution in [0.25, 0.3) is 5.69 Å². The van der Waals surface area contributed by atoms with Crippen molar-refractivity contribution in [2.75, 3.05) is 6.54 Å². The first-order valence-corrected chi connectivity index (χ1v) is 9.22. The largest absolute Gasteiger partial charge is 0.361 e. The summed E-state index contributed by atoms with van der Waals surface area (Å²) < 4.78 is 1.52. The first kappa shape index (κ1) is 19.8. The number of carbonyl (C=O) groups excluding carboxylic acids is 1. The lowest BCUT2D eigenvalue weighted by Crippen LogP contribution is -2.47. The van der Waals surface area contributed by atoms with E-state index in [1.807, 2.05) is 0 Å². The third kappa shape index (κ3) is 6.07. The molecule has 26 heavy (non-hydrogen) atoms. The zero-order chi connectivity index (χ0) is 18.8. The van der Waals surface area contributed by atoms with E-state index in [9.17, 15) is 4.79 Å². The average molecular weight is 376 g/mol. The number of thiocarbonyl (C=S) groups is 1. The van der Waals surface area contributed by atoms with Crippen molar-refractivity contribution in [2.45, 2.75) is 39.5 Å². The number of hydrogen-bond donors (Lipinski definition) is 3. The van der Waals surface area contributed by atoms with Gasteiger partial charge < -0.3 is 5.32 Å². The normalized spacial score (nSPS) is 11.6. The van der Waals surface area contributed by atoms with Gasteiger partial charge in [0.15, 0.2) is 5.11 Å². The van der Waals surface area contributed by atoms with Gasteiger partial charge in [-0.25, -0.2) is 4.68 Å². The number of carbonyl (C=O) groups is 1. The third-order valence-electron chi connectivity index (χ3n) is 4.13. The fourth-order valence-corrected chi connectivity index (χ4v) is 2.59. The summed E-state index contributed by atoms with van der Waals surface area (Å²) in [5.74, 6) is 0.319. The maximum absolute atomic E-state index is 12.2. The number of aromatic nitrogens is 4. The Balaban J connectivity index is 1.76. The Kier molecular flexibility index (Phi) is 7.94. The van der Waals surface area contributed by atoms with Gasteiger partial charge in [-0.1, -0.05) is 33.1 Å². The second-order valence-electron chi connectivity index (χ2n) is 6.01. The van der Waals surface area contributed by atoms with Crippen molar-refractivity contribution >= 4 is 23.2 Å². The van der Waals surface area contributed by atoms with Crippen molar-refractivity contribution in [2.24, 2.45) is 5.92 Å². The summed E-state index contributed by atoms with van der Waals surface area (Å²) in [5.41, 5.74) is 6.62. The maximum atomic E-state index is 12.2. The predicted octanol–water partition coefficient (Wildman–Crippen LogP) is 1.99. The minimum Gasteiger partial charge on any atom is -0.361 e. The highest BCUT2D eigenvalue weighted by atomic mass is 32.1. The van der Waals surface area contributed by atoms with Gasteiger partial charge in [0, 0.05) is 12.1 Å². The first-order valence-electron chi connectivity index (χ1n) is 8.81. The van der Waals surface area contributed by atoms with Crippen molar-refractivity contribution in [3.63, 3.8) is 0 Å². The monoisotopic (exact) mass is 375 g/mol. The van der Waals surface area contributed by atoms with Crippen LogP contribution in [-0.4, -0.2) is 37.8 Å². The Morgan fingerprint density at radius 3 is 2.62 bits per heavy atom. The van der Waals surface area contributed by atoms with Crippen LogP contribution < -0.4 is 16.2 Å². The lowest BCUT2D eigenvalue weighted by molar-refractivity contribution is 0.0943. The van der Waals surface area contributed by atoms with Crippen LogP contribution in [0.15, 0.2) is 30.6 Å². The van der Waals surface area contributed by atoms with E-state index in [0.717, 1.165) is 18.7 Å². The lowest BCUT2D eigenvalue weighted by Gasteiger charge is -2.17. The van der Waals surface area contributed by atoms with Gasteiger partial charge in [-0.15, -0.1) is 5.10 Å². The molecule has 2 rings (SSSR count). The van der Waals surface area contributed by atoms with Gasteiger partial charge in [-0.3, -0.25) is 15.6 Å². The summed E-state index contributed by atoms with van der Waals surface area (Å²) in [7, 11) is 0. The summed E-state index contributed by atoms with van der Waals surface area (Å²) in [6, 6.07) is 6.92. The molecule has 1 aromatic carbocycles. The van der Waals surface area contributed by atoms with Crippen LogP contribution in [0, 0.1) is 5.92 Å². The molecule has 0 fully saturated rings. The fraction of sp³-hybridized carbons (Fsp3) is 0.471. The van der Waals surface area contributed by atoms with E-state index in [1.165, 1.54) is 30.3 Å². The van der Waals surface area contributed by atoms with Crippen LogP contribution in [0.3, 0.4) is 0 Å². The number of hydrogen-bond acceptors (Lipinski definition) is 5. The molecule has 9 heteroatoms. The molecular formula is C17H25N7OS. The second kappa shape index (κ2) is 10.4. The highest BCUT2D eigenvalue weighted by molar-refractivity contribution is 7.80. The number of unbranched alkanes of at least 4 members (excludes halogenated alkanes) is 1. The van der Waals surface area contributed by atoms with Crippen LogP contribution in [0.4, 0.5) is 0 Å². The van der Waals surface area contributed by atoms with Crippen molar-refractivity contribution in [1.82, 2.24) is 36.4 Å². The summed E-state index contributed by atoms with van der Waals surface area (Å²) in [6.45, 7) is 5.18. The number of nitrogens with one attached hydrogen (secondary N) is 3. The summed E-state index contributed by atoms with van der Waals surface area (Å²) in [4.78, 5) is 12.2. The Labute approximate surface area is 158 Å². The topological polar surface area (TPSA) is 96.8 Å². The van der Waals surface area contributed by atoms with Gasteiger partial charge in [-0.2, -0.15) is 0 Å². The molecule has 0 spiro atoms. The van der Waals surface area contributed by atoms with E-state index < -0.39 is 0 Å². The van der Waals surface area contributed by atoms with E-state index in [0.29, 0.717) is 16.6 Å². The van der Waals surface area contributed by atoms with Crippen LogP contribution in [0.5, 0.6) is 0 Å². The molecular weight excluding hydrogens is 350 g/mol. The fourth-order valence-electron chi connectivity index (χ4n) is 2.46. The molecule has 1 amide bonds. The van der Waals surface area contributed by atoms with Crippen LogP contribution >= 0.6 is 12.2 Å². The molecule has 0 aliphatic heterocycles. The van der Waals surface area contributed by atoms with Crippen molar-refractivity contribution in [3.05, 3.63) is 36.2 Å². The Morgan fingerprint density at radius 1 is 1.23 bits per heavy atom. The lowest BCUT2D eigenvalue weighted by atomic mass is 9.99. The van der Waals surface area contributed by atoms with Gasteiger partial charge >= 0.3 is 0 Å². The van der Waals surface area contributed by atoms with Gasteiger partial charge in [0.1, 0.15) is 6.33 Å². The van der Waals surface area contributed by atoms with Crippen molar-refractivity contribution in [3.8, 4) is 5.69 Å². The number of benzene rings is 1. The Morgan fingerprint density at radius 2 is 2.00 bits per heavy atom. The van der Waals surface area contributed by atoms with Crippen molar-refractivity contribution in [1.29, 1.82) is 0 Å². The van der Waals surface area contributed by atoms with Gasteiger partial charge in [0.2, 0.25) is 0 Å². The maximum Gasteiger partial charge on any atom is 0.269 e. The highest BCUT2D eigenvalue weighted by Gasteiger charge is 2.09. The molecule has 0 aliphatic rings. The molecule has 0 saturated carbocycles. The van der Waals surface area contributed by atoms with Crippen LogP contribution in [0.2, 0.25) is 0 Å². The predicted molar refractivity (Wildman–Crippen MR) is 104 cm³/mol. The molecule has 1 aromatic heterocycles. The SMILES string of the molecule is CCCC[C@H](CC)CNC(=S)NNC(=O)c1ccc(-n2cnnn2)cc1. The van der Waals surface area contributed by atoms with Crippen LogP contribution in [0.1, 0.15) is 49.9 Å². The van der Waals surface area contributed by atoms with E-state index in [1.54, 1.807) is 24.3 Å². The number of hydrazine groups is 1. The zero-order valence-corrected chi connectivity index (χ0v) is 15.9. The van der Waals surface area contributed by atoms with E-state index in [4.69, 9.17) is 12.2 Å². The molecule has 1 atom stereocenters. The van der Waals surface area contributed by atoms with Gasteiger partial charge in [0.25, 0.3) is 5.91 Å². The zero-order valence-electron chi connectivity index (χ0n) is 15.1. The minimum absolute atomic E-state index is 0.268. The number of tetrazole rings is 1. The summed E-state index contributed by atoms with van der Waals surface area (Å²) in [6.07, 6.45) is 6.20. The molecule has 0 unspecified atom stereocenters. The average Bonchev–Trinajstić information content (AvgIpc) is 3.21. The third-order valence-corrected chi connectivity index (χ3v) is 4.37. The Bertz CT molecular complexity index is 688. The standard InChI is InChI=1S/C17H25N7OS/c1-3-5-6-13(4-2)11-18-17(26)21-20-16(25)14-7-9-15(10-8-14)24-12-19-22-23-24/h7-10,12-13H,3-6,11H2,1-2H3,(H,20,25)(H2,18,21,26)/t13-/m0/s1. The molecule has 0 saturated heterocycles. The molecule has 1 heterocycles. The summed E-state index contributed by atoms with van der Waals surface area (Å²) in [5, 5.41) is 14.5. The number of nitrogens with zero attached hydrogens (tertiary/aromatic N) is 4. The molecule has 0 aliphatic carbocycles. The van der Waals surface area contributed by atoms with Crippen molar-refractivity contribution < 1.29 is 4.79 Å². The molecule has 2 aromatic rings. The number of rotatable bonds is 8. The van der Waals surface area contributed by atoms with E-state index >= 15 is 0 Å². The Hall–Kier alpha value is -2.55. The quantitative estimate of drug-likeness (QED) is 0.479. The van der Waals surface area contributed by atoms with Crippen LogP contribution in [-0.2, 0) is 0 Å². The molecule has 140 valence electrons. The molecule has 3 N–H and O–H groups in total. The van der Waals surface area contributed by atoms with E-state index in [-0.39, 0.29) is 5.91 Å². The highest BCUT2D eigenvalue weighted by Crippen LogP contribution is 2.11. The molecule has 8 nitrogen and oxygen atoms in total.